The van der Waals surface area contributed by atoms with Crippen LogP contribution in [0, 0.1) is 0 Å². The summed E-state index contributed by atoms with van der Waals surface area (Å²) in [6, 6.07) is 7.64. The highest BCUT2D eigenvalue weighted by molar-refractivity contribution is 7.10. The summed E-state index contributed by atoms with van der Waals surface area (Å²) in [6.45, 7) is 3.05. The van der Waals surface area contributed by atoms with E-state index in [2.05, 4.69) is 12.2 Å². The standard InChI is InChI=1S/C15H17Cl2NOS/c1-3-7-18-14(15-12(17)6-8-20-15)11-5-4-10(16)9-13(11)19-2/h4-6,8-9,14,18H,3,7H2,1-2H3. The largest absolute Gasteiger partial charge is 0.496 e. The molecule has 2 aromatic rings. The van der Waals surface area contributed by atoms with Crippen molar-refractivity contribution < 1.29 is 4.74 Å². The molecule has 0 fully saturated rings. The summed E-state index contributed by atoms with van der Waals surface area (Å²) in [5, 5.41) is 6.97. The van der Waals surface area contributed by atoms with Gasteiger partial charge in [-0.15, -0.1) is 11.3 Å². The minimum atomic E-state index is 0.0228. The van der Waals surface area contributed by atoms with Crippen LogP contribution in [0.5, 0.6) is 5.75 Å². The van der Waals surface area contributed by atoms with Gasteiger partial charge in [0.2, 0.25) is 0 Å². The minimum Gasteiger partial charge on any atom is -0.496 e. The summed E-state index contributed by atoms with van der Waals surface area (Å²) >= 11 is 14.0. The van der Waals surface area contributed by atoms with Gasteiger partial charge in [-0.3, -0.25) is 0 Å². The Hall–Kier alpha value is -0.740. The lowest BCUT2D eigenvalue weighted by Gasteiger charge is -2.21. The lowest BCUT2D eigenvalue weighted by molar-refractivity contribution is 0.404. The Bertz CT molecular complexity index is 571. The quantitative estimate of drug-likeness (QED) is 0.790. The Kier molecular flexibility index (Phi) is 5.73. The topological polar surface area (TPSA) is 21.3 Å². The molecule has 0 aliphatic rings. The zero-order valence-electron chi connectivity index (χ0n) is 11.5. The van der Waals surface area contributed by atoms with Crippen molar-refractivity contribution >= 4 is 34.5 Å². The molecule has 1 unspecified atom stereocenters. The summed E-state index contributed by atoms with van der Waals surface area (Å²) in [7, 11) is 1.65. The van der Waals surface area contributed by atoms with E-state index < -0.39 is 0 Å². The average Bonchev–Trinajstić information content (AvgIpc) is 2.86. The second-order valence-corrected chi connectivity index (χ2v) is 6.20. The van der Waals surface area contributed by atoms with Gasteiger partial charge in [0.1, 0.15) is 5.75 Å². The second-order valence-electron chi connectivity index (χ2n) is 4.41. The number of rotatable bonds is 6. The maximum Gasteiger partial charge on any atom is 0.125 e. The van der Waals surface area contributed by atoms with Crippen LogP contribution in [0.2, 0.25) is 10.0 Å². The molecule has 1 atom stereocenters. The van der Waals surface area contributed by atoms with E-state index in [1.165, 1.54) is 0 Å². The van der Waals surface area contributed by atoms with Crippen LogP contribution in [0.25, 0.3) is 0 Å². The number of benzene rings is 1. The van der Waals surface area contributed by atoms with Gasteiger partial charge in [-0.25, -0.2) is 0 Å². The number of nitrogens with one attached hydrogen (secondary N) is 1. The molecule has 5 heteroatoms. The Labute approximate surface area is 133 Å². The minimum absolute atomic E-state index is 0.0228. The first-order chi connectivity index (χ1) is 9.67. The van der Waals surface area contributed by atoms with Crippen molar-refractivity contribution in [2.45, 2.75) is 19.4 Å². The Morgan fingerprint density at radius 3 is 2.70 bits per heavy atom. The van der Waals surface area contributed by atoms with E-state index in [4.69, 9.17) is 27.9 Å². The molecule has 0 saturated heterocycles. The van der Waals surface area contributed by atoms with Crippen LogP contribution in [0.4, 0.5) is 0 Å². The highest BCUT2D eigenvalue weighted by Crippen LogP contribution is 2.37. The molecule has 0 aliphatic carbocycles. The number of hydrogen-bond acceptors (Lipinski definition) is 3. The van der Waals surface area contributed by atoms with Crippen molar-refractivity contribution in [3.05, 3.63) is 50.1 Å². The van der Waals surface area contributed by atoms with Crippen LogP contribution in [0.15, 0.2) is 29.6 Å². The van der Waals surface area contributed by atoms with Crippen molar-refractivity contribution in [2.24, 2.45) is 0 Å². The van der Waals surface area contributed by atoms with E-state index in [1.807, 2.05) is 29.6 Å². The fraction of sp³-hybridized carbons (Fsp3) is 0.333. The molecule has 0 amide bonds. The molecule has 0 bridgehead atoms. The van der Waals surface area contributed by atoms with Crippen molar-refractivity contribution in [1.82, 2.24) is 5.32 Å². The third-order valence-corrected chi connectivity index (χ3v) is 4.67. The fourth-order valence-corrected chi connectivity index (χ4v) is 3.49. The number of methoxy groups -OCH3 is 1. The number of ether oxygens (including phenoxy) is 1. The molecule has 0 saturated carbocycles. The molecular weight excluding hydrogens is 313 g/mol. The van der Waals surface area contributed by atoms with Crippen molar-refractivity contribution in [1.29, 1.82) is 0 Å². The Morgan fingerprint density at radius 1 is 1.30 bits per heavy atom. The highest BCUT2D eigenvalue weighted by atomic mass is 35.5. The Balaban J connectivity index is 2.43. The molecule has 2 nitrogen and oxygen atoms in total. The van der Waals surface area contributed by atoms with Gasteiger partial charge in [0, 0.05) is 15.5 Å². The molecule has 1 N–H and O–H groups in total. The van der Waals surface area contributed by atoms with Gasteiger partial charge in [-0.05, 0) is 36.5 Å². The first-order valence-corrected chi connectivity index (χ1v) is 8.10. The summed E-state index contributed by atoms with van der Waals surface area (Å²) in [6.07, 6.45) is 1.05. The molecular formula is C15H17Cl2NOS. The maximum atomic E-state index is 6.29. The van der Waals surface area contributed by atoms with Crippen LogP contribution in [-0.2, 0) is 0 Å². The number of thiophene rings is 1. The van der Waals surface area contributed by atoms with Gasteiger partial charge in [-0.2, -0.15) is 0 Å². The fourth-order valence-electron chi connectivity index (χ4n) is 2.07. The van der Waals surface area contributed by atoms with E-state index in [-0.39, 0.29) is 6.04 Å². The molecule has 2 rings (SSSR count). The number of halogens is 2. The molecule has 1 aromatic carbocycles. The summed E-state index contributed by atoms with van der Waals surface area (Å²) < 4.78 is 5.46. The SMILES string of the molecule is CCCNC(c1ccc(Cl)cc1OC)c1sccc1Cl. The van der Waals surface area contributed by atoms with Gasteiger partial charge < -0.3 is 10.1 Å². The molecule has 1 heterocycles. The monoisotopic (exact) mass is 329 g/mol. The van der Waals surface area contributed by atoms with E-state index >= 15 is 0 Å². The predicted octanol–water partition coefficient (Wildman–Crippen LogP) is 5.15. The molecule has 0 radical (unpaired) electrons. The first kappa shape index (κ1) is 15.6. The zero-order chi connectivity index (χ0) is 14.5. The molecule has 108 valence electrons. The van der Waals surface area contributed by atoms with Crippen molar-refractivity contribution in [3.63, 3.8) is 0 Å². The second kappa shape index (κ2) is 7.32. The van der Waals surface area contributed by atoms with Gasteiger partial charge in [-0.1, -0.05) is 36.2 Å². The van der Waals surface area contributed by atoms with Gasteiger partial charge >= 0.3 is 0 Å². The van der Waals surface area contributed by atoms with Crippen LogP contribution in [0.1, 0.15) is 29.8 Å². The molecule has 20 heavy (non-hydrogen) atoms. The number of hydrogen-bond donors (Lipinski definition) is 1. The summed E-state index contributed by atoms with van der Waals surface area (Å²) in [5.74, 6) is 0.774. The Morgan fingerprint density at radius 2 is 2.10 bits per heavy atom. The van der Waals surface area contributed by atoms with Crippen LogP contribution >= 0.6 is 34.5 Å². The van der Waals surface area contributed by atoms with Crippen molar-refractivity contribution in [3.8, 4) is 5.75 Å². The molecule has 0 aliphatic heterocycles. The zero-order valence-corrected chi connectivity index (χ0v) is 13.8. The molecule has 0 spiro atoms. The van der Waals surface area contributed by atoms with E-state index in [0.717, 1.165) is 34.2 Å². The van der Waals surface area contributed by atoms with E-state index in [1.54, 1.807) is 18.4 Å². The van der Waals surface area contributed by atoms with Gasteiger partial charge in [0.25, 0.3) is 0 Å². The average molecular weight is 330 g/mol. The maximum absolute atomic E-state index is 6.29. The van der Waals surface area contributed by atoms with Crippen molar-refractivity contribution in [2.75, 3.05) is 13.7 Å². The highest BCUT2D eigenvalue weighted by Gasteiger charge is 2.21. The van der Waals surface area contributed by atoms with E-state index in [9.17, 15) is 0 Å². The summed E-state index contributed by atoms with van der Waals surface area (Å²) in [5.41, 5.74) is 1.05. The lowest BCUT2D eigenvalue weighted by atomic mass is 10.0. The third-order valence-electron chi connectivity index (χ3n) is 3.01. The summed E-state index contributed by atoms with van der Waals surface area (Å²) in [4.78, 5) is 1.10. The lowest BCUT2D eigenvalue weighted by Crippen LogP contribution is -2.23. The smallest absolute Gasteiger partial charge is 0.125 e. The predicted molar refractivity (Wildman–Crippen MR) is 87.5 cm³/mol. The normalized spacial score (nSPS) is 12.4. The van der Waals surface area contributed by atoms with Gasteiger partial charge in [0.15, 0.2) is 0 Å². The van der Waals surface area contributed by atoms with E-state index in [0.29, 0.717) is 5.02 Å². The van der Waals surface area contributed by atoms with Crippen LogP contribution in [-0.4, -0.2) is 13.7 Å². The molecule has 1 aromatic heterocycles. The van der Waals surface area contributed by atoms with Crippen LogP contribution in [0.3, 0.4) is 0 Å². The first-order valence-electron chi connectivity index (χ1n) is 6.47. The van der Waals surface area contributed by atoms with Gasteiger partial charge in [0.05, 0.1) is 18.2 Å². The van der Waals surface area contributed by atoms with Crippen LogP contribution < -0.4 is 10.1 Å². The third kappa shape index (κ3) is 3.47.